The molecule has 6 nitrogen and oxygen atoms in total. The van der Waals surface area contributed by atoms with Crippen molar-refractivity contribution < 1.29 is 14.3 Å². The Hall–Kier alpha value is -1.63. The number of anilines is 1. The monoisotopic (exact) mass is 349 g/mol. The second-order valence-corrected chi connectivity index (χ2v) is 7.86. The SMILES string of the molecule is O=C1C[C@H](C(=O)N2CCN(c3nccs3)CC2)C2(CCCCC2)O1. The zero-order valence-electron chi connectivity index (χ0n) is 13.8. The van der Waals surface area contributed by atoms with Crippen molar-refractivity contribution in [2.24, 2.45) is 5.92 Å². The van der Waals surface area contributed by atoms with E-state index in [1.807, 2.05) is 16.5 Å². The van der Waals surface area contributed by atoms with E-state index in [0.717, 1.165) is 43.9 Å². The van der Waals surface area contributed by atoms with Crippen LogP contribution in [0.4, 0.5) is 5.13 Å². The molecule has 0 radical (unpaired) electrons. The Morgan fingerprint density at radius 2 is 1.96 bits per heavy atom. The minimum absolute atomic E-state index is 0.113. The first-order valence-electron chi connectivity index (χ1n) is 8.83. The maximum atomic E-state index is 13.1. The number of esters is 1. The van der Waals surface area contributed by atoms with Crippen molar-refractivity contribution in [1.29, 1.82) is 0 Å². The van der Waals surface area contributed by atoms with Crippen LogP contribution in [0.15, 0.2) is 11.6 Å². The summed E-state index contributed by atoms with van der Waals surface area (Å²) >= 11 is 1.63. The third-order valence-electron chi connectivity index (χ3n) is 5.60. The van der Waals surface area contributed by atoms with Crippen LogP contribution in [0.25, 0.3) is 0 Å². The summed E-state index contributed by atoms with van der Waals surface area (Å²) < 4.78 is 5.69. The predicted molar refractivity (Wildman–Crippen MR) is 90.9 cm³/mol. The molecule has 130 valence electrons. The fraction of sp³-hybridized carbons (Fsp3) is 0.706. The summed E-state index contributed by atoms with van der Waals surface area (Å²) in [5, 5.41) is 2.99. The second kappa shape index (κ2) is 6.35. The minimum Gasteiger partial charge on any atom is -0.458 e. The van der Waals surface area contributed by atoms with Crippen LogP contribution in [-0.4, -0.2) is 53.5 Å². The number of ether oxygens (including phenoxy) is 1. The molecule has 1 saturated carbocycles. The van der Waals surface area contributed by atoms with Crippen molar-refractivity contribution in [1.82, 2.24) is 9.88 Å². The number of carbonyl (C=O) groups excluding carboxylic acids is 2. The Balaban J connectivity index is 1.43. The highest BCUT2D eigenvalue weighted by atomic mass is 32.1. The van der Waals surface area contributed by atoms with E-state index in [1.54, 1.807) is 11.3 Å². The van der Waals surface area contributed by atoms with Gasteiger partial charge in [-0.25, -0.2) is 4.98 Å². The normalized spacial score (nSPS) is 26.7. The summed E-state index contributed by atoms with van der Waals surface area (Å²) in [5.41, 5.74) is -0.515. The Kier molecular flexibility index (Phi) is 4.20. The number of aromatic nitrogens is 1. The van der Waals surface area contributed by atoms with Crippen LogP contribution in [0.3, 0.4) is 0 Å². The molecule has 4 rings (SSSR count). The topological polar surface area (TPSA) is 62.7 Å². The molecular formula is C17H23N3O3S. The molecule has 24 heavy (non-hydrogen) atoms. The van der Waals surface area contributed by atoms with Crippen molar-refractivity contribution in [3.63, 3.8) is 0 Å². The molecule has 3 aliphatic rings. The fourth-order valence-corrected chi connectivity index (χ4v) is 5.01. The van der Waals surface area contributed by atoms with E-state index in [1.165, 1.54) is 6.42 Å². The molecule has 0 bridgehead atoms. The first kappa shape index (κ1) is 15.9. The van der Waals surface area contributed by atoms with E-state index in [9.17, 15) is 9.59 Å². The summed E-state index contributed by atoms with van der Waals surface area (Å²) in [5.74, 6) is -0.366. The standard InChI is InChI=1S/C17H23N3O3S/c21-14-12-13(17(23-14)4-2-1-3-5-17)15(22)19-7-9-20(10-8-19)16-18-6-11-24-16/h6,11,13H,1-5,7-10,12H2/t13-/m1/s1. The van der Waals surface area contributed by atoms with E-state index in [2.05, 4.69) is 9.88 Å². The number of hydrogen-bond donors (Lipinski definition) is 0. The highest BCUT2D eigenvalue weighted by Gasteiger charge is 2.53. The van der Waals surface area contributed by atoms with Gasteiger partial charge in [0.2, 0.25) is 5.91 Å². The van der Waals surface area contributed by atoms with Crippen LogP contribution in [0.5, 0.6) is 0 Å². The predicted octanol–water partition coefficient (Wildman–Crippen LogP) is 2.06. The van der Waals surface area contributed by atoms with Gasteiger partial charge in [0.1, 0.15) is 5.60 Å². The van der Waals surface area contributed by atoms with E-state index >= 15 is 0 Å². The van der Waals surface area contributed by atoms with Gasteiger partial charge in [-0.15, -0.1) is 11.3 Å². The third kappa shape index (κ3) is 2.79. The first-order valence-corrected chi connectivity index (χ1v) is 9.71. The molecule has 3 heterocycles. The van der Waals surface area contributed by atoms with Gasteiger partial charge in [-0.2, -0.15) is 0 Å². The van der Waals surface area contributed by atoms with Crippen molar-refractivity contribution in [2.75, 3.05) is 31.1 Å². The molecule has 1 atom stereocenters. The lowest BCUT2D eigenvalue weighted by atomic mass is 9.75. The molecule has 1 aromatic heterocycles. The molecule has 1 aliphatic carbocycles. The van der Waals surface area contributed by atoms with Gasteiger partial charge in [0.15, 0.2) is 5.13 Å². The number of hydrogen-bond acceptors (Lipinski definition) is 6. The molecule has 2 saturated heterocycles. The van der Waals surface area contributed by atoms with Crippen LogP contribution in [0.2, 0.25) is 0 Å². The van der Waals surface area contributed by atoms with Gasteiger partial charge >= 0.3 is 5.97 Å². The largest absolute Gasteiger partial charge is 0.458 e. The number of piperazine rings is 1. The van der Waals surface area contributed by atoms with Gasteiger partial charge in [-0.05, 0) is 25.7 Å². The van der Waals surface area contributed by atoms with Gasteiger partial charge in [-0.1, -0.05) is 6.42 Å². The summed E-state index contributed by atoms with van der Waals surface area (Å²) in [7, 11) is 0. The summed E-state index contributed by atoms with van der Waals surface area (Å²) in [6.07, 6.45) is 7.02. The molecule has 0 N–H and O–H groups in total. The Bertz CT molecular complexity index is 605. The van der Waals surface area contributed by atoms with Crippen molar-refractivity contribution in [3.05, 3.63) is 11.6 Å². The van der Waals surface area contributed by atoms with Gasteiger partial charge in [-0.3, -0.25) is 9.59 Å². The highest BCUT2D eigenvalue weighted by molar-refractivity contribution is 7.13. The number of amides is 1. The van der Waals surface area contributed by atoms with Gasteiger partial charge in [0.25, 0.3) is 0 Å². The Labute approximate surface area is 145 Å². The highest BCUT2D eigenvalue weighted by Crippen LogP contribution is 2.45. The third-order valence-corrected chi connectivity index (χ3v) is 6.43. The summed E-state index contributed by atoms with van der Waals surface area (Å²) in [4.78, 5) is 33.5. The summed E-state index contributed by atoms with van der Waals surface area (Å²) in [6, 6.07) is 0. The van der Waals surface area contributed by atoms with Gasteiger partial charge in [0.05, 0.1) is 12.3 Å². The van der Waals surface area contributed by atoms with Gasteiger partial charge < -0.3 is 14.5 Å². The Morgan fingerprint density at radius 3 is 2.62 bits per heavy atom. The molecule has 1 aromatic rings. The quantitative estimate of drug-likeness (QED) is 0.765. The molecule has 0 aromatic carbocycles. The van der Waals surface area contributed by atoms with Crippen LogP contribution in [-0.2, 0) is 14.3 Å². The van der Waals surface area contributed by atoms with E-state index < -0.39 is 5.60 Å². The van der Waals surface area contributed by atoms with Gasteiger partial charge in [0, 0.05) is 37.8 Å². The Morgan fingerprint density at radius 1 is 1.21 bits per heavy atom. The smallest absolute Gasteiger partial charge is 0.307 e. The zero-order valence-corrected chi connectivity index (χ0v) is 14.6. The van der Waals surface area contributed by atoms with Crippen LogP contribution < -0.4 is 4.90 Å². The van der Waals surface area contributed by atoms with E-state index in [4.69, 9.17) is 4.74 Å². The minimum atomic E-state index is -0.515. The number of thiazole rings is 1. The molecular weight excluding hydrogens is 326 g/mol. The van der Waals surface area contributed by atoms with E-state index in [0.29, 0.717) is 13.1 Å². The maximum absolute atomic E-state index is 13.1. The summed E-state index contributed by atoms with van der Waals surface area (Å²) in [6.45, 7) is 2.99. The lowest BCUT2D eigenvalue weighted by molar-refractivity contribution is -0.155. The van der Waals surface area contributed by atoms with Crippen molar-refractivity contribution >= 4 is 28.3 Å². The van der Waals surface area contributed by atoms with Crippen molar-refractivity contribution in [3.8, 4) is 0 Å². The second-order valence-electron chi connectivity index (χ2n) is 6.98. The zero-order chi connectivity index (χ0) is 16.6. The number of carbonyl (C=O) groups is 2. The first-order chi connectivity index (χ1) is 11.7. The fourth-order valence-electron chi connectivity index (χ4n) is 4.32. The lowest BCUT2D eigenvalue weighted by Gasteiger charge is -2.40. The maximum Gasteiger partial charge on any atom is 0.307 e. The number of nitrogens with zero attached hydrogens (tertiary/aromatic N) is 3. The molecule has 7 heteroatoms. The lowest BCUT2D eigenvalue weighted by Crippen LogP contribution is -2.53. The molecule has 1 amide bonds. The average Bonchev–Trinajstić information content (AvgIpc) is 3.24. The molecule has 1 spiro atoms. The number of rotatable bonds is 2. The van der Waals surface area contributed by atoms with E-state index in [-0.39, 0.29) is 24.2 Å². The molecule has 3 fully saturated rings. The molecule has 2 aliphatic heterocycles. The molecule has 0 unspecified atom stereocenters. The average molecular weight is 349 g/mol. The van der Waals surface area contributed by atoms with Crippen molar-refractivity contribution in [2.45, 2.75) is 44.1 Å². The van der Waals surface area contributed by atoms with Crippen LogP contribution >= 0.6 is 11.3 Å². The van der Waals surface area contributed by atoms with Crippen LogP contribution in [0, 0.1) is 5.92 Å². The van der Waals surface area contributed by atoms with Crippen LogP contribution in [0.1, 0.15) is 38.5 Å².